The zero-order chi connectivity index (χ0) is 17.6. The highest BCUT2D eigenvalue weighted by molar-refractivity contribution is 5.74. The molecule has 1 rings (SSSR count). The van der Waals surface area contributed by atoms with Gasteiger partial charge in [-0.2, -0.15) is 13.2 Å². The molecule has 0 aliphatic rings. The van der Waals surface area contributed by atoms with Crippen LogP contribution in [0.2, 0.25) is 0 Å². The van der Waals surface area contributed by atoms with E-state index in [-0.39, 0.29) is 24.6 Å². The van der Waals surface area contributed by atoms with Crippen LogP contribution in [0.25, 0.3) is 0 Å². The molecule has 0 aliphatic heterocycles. The molecule has 1 aromatic carbocycles. The lowest BCUT2D eigenvalue weighted by Crippen LogP contribution is -2.44. The summed E-state index contributed by atoms with van der Waals surface area (Å²) in [4.78, 5) is 13.2. The molecule has 0 radical (unpaired) electrons. The first-order valence-corrected chi connectivity index (χ1v) is 7.45. The first kappa shape index (κ1) is 19.3. The van der Waals surface area contributed by atoms with Crippen molar-refractivity contribution in [1.82, 2.24) is 10.2 Å². The van der Waals surface area contributed by atoms with E-state index in [9.17, 15) is 18.0 Å². The van der Waals surface area contributed by atoms with E-state index in [2.05, 4.69) is 5.32 Å². The second-order valence-corrected chi connectivity index (χ2v) is 5.69. The van der Waals surface area contributed by atoms with E-state index in [0.717, 1.165) is 12.1 Å². The standard InChI is InChI=1S/C16H23F3N2O2/c1-11(7-8-20-15(23)21(3)12(2)10-22)13-5-4-6-14(9-13)16(17,18)19/h4-6,9,11-12,22H,7-8,10H2,1-3H3,(H,20,23). The van der Waals surface area contributed by atoms with Gasteiger partial charge in [0.05, 0.1) is 18.2 Å². The quantitative estimate of drug-likeness (QED) is 0.840. The van der Waals surface area contributed by atoms with Gasteiger partial charge in [-0.15, -0.1) is 0 Å². The van der Waals surface area contributed by atoms with Gasteiger partial charge >= 0.3 is 12.2 Å². The number of nitrogens with one attached hydrogen (secondary N) is 1. The minimum atomic E-state index is -4.35. The Morgan fingerprint density at radius 1 is 1.35 bits per heavy atom. The number of likely N-dealkylation sites (N-methyl/N-ethyl adjacent to an activating group) is 1. The highest BCUT2D eigenvalue weighted by Crippen LogP contribution is 2.31. The number of halogens is 3. The molecule has 0 saturated heterocycles. The maximum absolute atomic E-state index is 12.7. The first-order valence-electron chi connectivity index (χ1n) is 7.45. The van der Waals surface area contributed by atoms with Gasteiger partial charge in [-0.25, -0.2) is 4.79 Å². The first-order chi connectivity index (χ1) is 10.7. The Kier molecular flexibility index (Phi) is 6.87. The smallest absolute Gasteiger partial charge is 0.394 e. The Morgan fingerprint density at radius 3 is 2.57 bits per heavy atom. The van der Waals surface area contributed by atoms with Crippen molar-refractivity contribution in [3.05, 3.63) is 35.4 Å². The zero-order valence-corrected chi connectivity index (χ0v) is 13.5. The van der Waals surface area contributed by atoms with Gasteiger partial charge in [0, 0.05) is 13.6 Å². The number of urea groups is 1. The predicted octanol–water partition coefficient (Wildman–Crippen LogP) is 3.22. The van der Waals surface area contributed by atoms with Crippen LogP contribution < -0.4 is 5.32 Å². The van der Waals surface area contributed by atoms with E-state index in [1.165, 1.54) is 11.0 Å². The maximum Gasteiger partial charge on any atom is 0.416 e. The van der Waals surface area contributed by atoms with Crippen LogP contribution in [0, 0.1) is 0 Å². The number of benzene rings is 1. The highest BCUT2D eigenvalue weighted by atomic mass is 19.4. The van der Waals surface area contributed by atoms with Crippen LogP contribution in [0.5, 0.6) is 0 Å². The van der Waals surface area contributed by atoms with Gasteiger partial charge in [-0.1, -0.05) is 25.1 Å². The van der Waals surface area contributed by atoms with Gasteiger partial charge in [-0.3, -0.25) is 0 Å². The third-order valence-corrected chi connectivity index (χ3v) is 3.88. The number of hydrogen-bond acceptors (Lipinski definition) is 2. The largest absolute Gasteiger partial charge is 0.416 e. The van der Waals surface area contributed by atoms with Crippen LogP contribution in [0.15, 0.2) is 24.3 Å². The monoisotopic (exact) mass is 332 g/mol. The predicted molar refractivity (Wildman–Crippen MR) is 82.2 cm³/mol. The van der Waals surface area contributed by atoms with E-state index in [0.29, 0.717) is 18.5 Å². The van der Waals surface area contributed by atoms with E-state index in [1.54, 1.807) is 20.0 Å². The molecule has 2 amide bonds. The average molecular weight is 332 g/mol. The number of aliphatic hydroxyl groups excluding tert-OH is 1. The topological polar surface area (TPSA) is 52.6 Å². The summed E-state index contributed by atoms with van der Waals surface area (Å²) < 4.78 is 38.1. The Bertz CT molecular complexity index is 520. The van der Waals surface area contributed by atoms with Crippen molar-refractivity contribution in [2.75, 3.05) is 20.2 Å². The van der Waals surface area contributed by atoms with Gasteiger partial charge in [-0.05, 0) is 30.9 Å². The maximum atomic E-state index is 12.7. The van der Waals surface area contributed by atoms with Crippen molar-refractivity contribution in [3.8, 4) is 0 Å². The molecule has 0 heterocycles. The van der Waals surface area contributed by atoms with Crippen LogP contribution in [0.1, 0.15) is 37.3 Å². The SMILES string of the molecule is CC(CCNC(=O)N(C)C(C)CO)c1cccc(C(F)(F)F)c1. The summed E-state index contributed by atoms with van der Waals surface area (Å²) in [6, 6.07) is 4.63. The Morgan fingerprint density at radius 2 is 2.00 bits per heavy atom. The molecule has 130 valence electrons. The number of aliphatic hydroxyl groups is 1. The third-order valence-electron chi connectivity index (χ3n) is 3.88. The number of amides is 2. The minimum absolute atomic E-state index is 0.113. The molecule has 0 spiro atoms. The summed E-state index contributed by atoms with van der Waals surface area (Å²) in [5.74, 6) is -0.113. The lowest BCUT2D eigenvalue weighted by molar-refractivity contribution is -0.137. The molecule has 0 aromatic heterocycles. The van der Waals surface area contributed by atoms with Gasteiger partial charge in [0.2, 0.25) is 0 Å². The molecule has 0 saturated carbocycles. The summed E-state index contributed by atoms with van der Waals surface area (Å²) in [5, 5.41) is 11.7. The van der Waals surface area contributed by atoms with E-state index < -0.39 is 11.7 Å². The normalized spacial score (nSPS) is 14.2. The molecular formula is C16H23F3N2O2. The van der Waals surface area contributed by atoms with Crippen LogP contribution >= 0.6 is 0 Å². The van der Waals surface area contributed by atoms with Crippen molar-refractivity contribution in [2.24, 2.45) is 0 Å². The van der Waals surface area contributed by atoms with Crippen LogP contribution in [-0.2, 0) is 6.18 Å². The molecule has 2 atom stereocenters. The fourth-order valence-corrected chi connectivity index (χ4v) is 2.03. The molecular weight excluding hydrogens is 309 g/mol. The van der Waals surface area contributed by atoms with Crippen molar-refractivity contribution in [2.45, 2.75) is 38.4 Å². The number of hydrogen-bond donors (Lipinski definition) is 2. The zero-order valence-electron chi connectivity index (χ0n) is 13.5. The highest BCUT2D eigenvalue weighted by Gasteiger charge is 2.30. The molecule has 4 nitrogen and oxygen atoms in total. The Labute approximate surface area is 134 Å². The lowest BCUT2D eigenvalue weighted by atomic mass is 9.96. The molecule has 7 heteroatoms. The van der Waals surface area contributed by atoms with Crippen LogP contribution in [-0.4, -0.2) is 42.3 Å². The van der Waals surface area contributed by atoms with Gasteiger partial charge in [0.1, 0.15) is 0 Å². The number of nitrogens with zero attached hydrogens (tertiary/aromatic N) is 1. The summed E-state index contributed by atoms with van der Waals surface area (Å²) in [6.07, 6.45) is -3.83. The number of carbonyl (C=O) groups excluding carboxylic acids is 1. The van der Waals surface area contributed by atoms with Crippen molar-refractivity contribution >= 4 is 6.03 Å². The van der Waals surface area contributed by atoms with Crippen LogP contribution in [0.4, 0.5) is 18.0 Å². The van der Waals surface area contributed by atoms with E-state index in [1.807, 2.05) is 6.92 Å². The lowest BCUT2D eigenvalue weighted by Gasteiger charge is -2.24. The fraction of sp³-hybridized carbons (Fsp3) is 0.562. The van der Waals surface area contributed by atoms with Crippen molar-refractivity contribution < 1.29 is 23.1 Å². The molecule has 2 N–H and O–H groups in total. The fourth-order valence-electron chi connectivity index (χ4n) is 2.03. The van der Waals surface area contributed by atoms with Gasteiger partial charge < -0.3 is 15.3 Å². The molecule has 1 aromatic rings. The number of rotatable bonds is 6. The number of alkyl halides is 3. The van der Waals surface area contributed by atoms with Crippen LogP contribution in [0.3, 0.4) is 0 Å². The molecule has 23 heavy (non-hydrogen) atoms. The Hall–Kier alpha value is -1.76. The average Bonchev–Trinajstić information content (AvgIpc) is 2.52. The molecule has 0 fully saturated rings. The Balaban J connectivity index is 2.55. The molecule has 0 aliphatic carbocycles. The van der Waals surface area contributed by atoms with E-state index >= 15 is 0 Å². The summed E-state index contributed by atoms with van der Waals surface area (Å²) in [5.41, 5.74) is -0.0754. The summed E-state index contributed by atoms with van der Waals surface area (Å²) >= 11 is 0. The third kappa shape index (κ3) is 5.74. The van der Waals surface area contributed by atoms with Crippen molar-refractivity contribution in [1.29, 1.82) is 0 Å². The summed E-state index contributed by atoms with van der Waals surface area (Å²) in [7, 11) is 1.58. The summed E-state index contributed by atoms with van der Waals surface area (Å²) in [6.45, 7) is 3.75. The second-order valence-electron chi connectivity index (χ2n) is 5.69. The van der Waals surface area contributed by atoms with Gasteiger partial charge in [0.25, 0.3) is 0 Å². The number of carbonyl (C=O) groups is 1. The minimum Gasteiger partial charge on any atom is -0.394 e. The van der Waals surface area contributed by atoms with Gasteiger partial charge in [0.15, 0.2) is 0 Å². The van der Waals surface area contributed by atoms with E-state index in [4.69, 9.17) is 5.11 Å². The second kappa shape index (κ2) is 8.19. The molecule has 2 unspecified atom stereocenters. The molecule has 0 bridgehead atoms. The van der Waals surface area contributed by atoms with Crippen molar-refractivity contribution in [3.63, 3.8) is 0 Å².